The first kappa shape index (κ1) is 17.0. The molecule has 2 fully saturated rings. The van der Waals surface area contributed by atoms with Crippen LogP contribution in [0.2, 0.25) is 0 Å². The van der Waals surface area contributed by atoms with Gasteiger partial charge in [0.25, 0.3) is 5.91 Å². The fourth-order valence-electron chi connectivity index (χ4n) is 4.35. The Labute approximate surface area is 153 Å². The number of fused-ring (bicyclic) bond motifs is 1. The van der Waals surface area contributed by atoms with E-state index < -0.39 is 0 Å². The van der Waals surface area contributed by atoms with Crippen molar-refractivity contribution in [2.75, 3.05) is 13.7 Å². The van der Waals surface area contributed by atoms with Gasteiger partial charge < -0.3 is 14.4 Å². The minimum Gasteiger partial charge on any atom is -0.474 e. The lowest BCUT2D eigenvalue weighted by Crippen LogP contribution is -2.53. The van der Waals surface area contributed by atoms with Gasteiger partial charge in [-0.1, -0.05) is 24.3 Å². The first-order valence-corrected chi connectivity index (χ1v) is 9.21. The standard InChI is InChI=1S/C21H24N2O3/c1-25-21-11-10-17(26-19-9-5-6-13-22-19)15-18(21)23(14-12-21)20(24)16-7-3-2-4-8-16/h2-9,13,17-18H,10-12,14-15H2,1H3/t17?,18?,21-/m1/s1. The third kappa shape index (κ3) is 3.07. The molecule has 0 N–H and O–H groups in total. The van der Waals surface area contributed by atoms with Gasteiger partial charge in [-0.25, -0.2) is 4.98 Å². The summed E-state index contributed by atoms with van der Waals surface area (Å²) in [7, 11) is 1.77. The number of carbonyl (C=O) groups excluding carboxylic acids is 1. The van der Waals surface area contributed by atoms with E-state index in [2.05, 4.69) is 4.98 Å². The zero-order chi connectivity index (χ0) is 18.0. The number of nitrogens with zero attached hydrogens (tertiary/aromatic N) is 2. The highest BCUT2D eigenvalue weighted by Gasteiger charge is 2.53. The molecular formula is C21H24N2O3. The van der Waals surface area contributed by atoms with E-state index in [4.69, 9.17) is 9.47 Å². The molecule has 1 aliphatic heterocycles. The van der Waals surface area contributed by atoms with E-state index in [0.29, 0.717) is 5.88 Å². The van der Waals surface area contributed by atoms with Gasteiger partial charge in [0.05, 0.1) is 11.6 Å². The van der Waals surface area contributed by atoms with Gasteiger partial charge in [0, 0.05) is 37.9 Å². The lowest BCUT2D eigenvalue weighted by atomic mass is 9.79. The highest BCUT2D eigenvalue weighted by Crippen LogP contribution is 2.43. The number of amides is 1. The minimum absolute atomic E-state index is 0.0302. The summed E-state index contributed by atoms with van der Waals surface area (Å²) in [5.41, 5.74) is 0.473. The largest absolute Gasteiger partial charge is 0.474 e. The Morgan fingerprint density at radius 3 is 2.69 bits per heavy atom. The van der Waals surface area contributed by atoms with Crippen molar-refractivity contribution in [3.63, 3.8) is 0 Å². The topological polar surface area (TPSA) is 51.7 Å². The van der Waals surface area contributed by atoms with Gasteiger partial charge in [-0.15, -0.1) is 0 Å². The predicted molar refractivity (Wildman–Crippen MR) is 98.1 cm³/mol. The molecule has 0 spiro atoms. The number of aromatic nitrogens is 1. The van der Waals surface area contributed by atoms with Crippen LogP contribution >= 0.6 is 0 Å². The van der Waals surface area contributed by atoms with Crippen LogP contribution in [-0.2, 0) is 4.74 Å². The van der Waals surface area contributed by atoms with Crippen molar-refractivity contribution < 1.29 is 14.3 Å². The number of carbonyl (C=O) groups is 1. The number of benzene rings is 1. The summed E-state index contributed by atoms with van der Waals surface area (Å²) in [5, 5.41) is 0. The average molecular weight is 352 g/mol. The highest BCUT2D eigenvalue weighted by molar-refractivity contribution is 5.94. The summed E-state index contributed by atoms with van der Waals surface area (Å²) >= 11 is 0. The summed E-state index contributed by atoms with van der Waals surface area (Å²) in [6.07, 6.45) is 5.23. The summed E-state index contributed by atoms with van der Waals surface area (Å²) in [4.78, 5) is 19.3. The van der Waals surface area contributed by atoms with Crippen molar-refractivity contribution in [2.45, 2.75) is 43.4 Å². The Bertz CT molecular complexity index is 752. The Balaban J connectivity index is 1.54. The fourth-order valence-corrected chi connectivity index (χ4v) is 4.35. The Morgan fingerprint density at radius 1 is 1.15 bits per heavy atom. The second-order valence-electron chi connectivity index (χ2n) is 7.08. The normalized spacial score (nSPS) is 27.8. The monoisotopic (exact) mass is 352 g/mol. The van der Waals surface area contributed by atoms with Gasteiger partial charge in [-0.3, -0.25) is 4.79 Å². The number of methoxy groups -OCH3 is 1. The number of ether oxygens (including phenoxy) is 2. The SMILES string of the molecule is CO[C@@]12CCC(Oc3ccccn3)CC1N(C(=O)c1ccccc1)CC2. The number of hydrogen-bond acceptors (Lipinski definition) is 4. The third-order valence-electron chi connectivity index (χ3n) is 5.75. The smallest absolute Gasteiger partial charge is 0.254 e. The van der Waals surface area contributed by atoms with Crippen LogP contribution in [0.1, 0.15) is 36.0 Å². The highest BCUT2D eigenvalue weighted by atomic mass is 16.5. The Hall–Kier alpha value is -2.40. The molecule has 3 atom stereocenters. The first-order chi connectivity index (χ1) is 12.7. The first-order valence-electron chi connectivity index (χ1n) is 9.21. The van der Waals surface area contributed by atoms with Gasteiger partial charge in [-0.05, 0) is 37.5 Å². The summed E-state index contributed by atoms with van der Waals surface area (Å²) in [5.74, 6) is 0.717. The zero-order valence-corrected chi connectivity index (χ0v) is 15.0. The Kier molecular flexibility index (Phi) is 4.64. The summed E-state index contributed by atoms with van der Waals surface area (Å²) < 4.78 is 12.0. The fraction of sp³-hybridized carbons (Fsp3) is 0.429. The van der Waals surface area contributed by atoms with Crippen LogP contribution in [0.3, 0.4) is 0 Å². The maximum absolute atomic E-state index is 13.0. The van der Waals surface area contributed by atoms with E-state index in [1.54, 1.807) is 13.3 Å². The maximum atomic E-state index is 13.0. The van der Waals surface area contributed by atoms with Gasteiger partial charge in [0.15, 0.2) is 0 Å². The van der Waals surface area contributed by atoms with E-state index in [9.17, 15) is 4.79 Å². The molecule has 2 heterocycles. The van der Waals surface area contributed by atoms with Crippen LogP contribution in [0.25, 0.3) is 0 Å². The van der Waals surface area contributed by atoms with Crippen molar-refractivity contribution in [2.24, 2.45) is 0 Å². The molecule has 0 bridgehead atoms. The molecule has 1 aromatic carbocycles. The van der Waals surface area contributed by atoms with Gasteiger partial charge in [0.2, 0.25) is 5.88 Å². The Morgan fingerprint density at radius 2 is 1.96 bits per heavy atom. The second-order valence-corrected chi connectivity index (χ2v) is 7.08. The number of rotatable bonds is 4. The molecule has 2 aromatic rings. The second kappa shape index (κ2) is 7.08. The molecule has 1 aliphatic carbocycles. The predicted octanol–water partition coefficient (Wildman–Crippen LogP) is 3.31. The van der Waals surface area contributed by atoms with Crippen molar-refractivity contribution in [1.82, 2.24) is 9.88 Å². The molecule has 2 aliphatic rings. The van der Waals surface area contributed by atoms with E-state index in [0.717, 1.165) is 37.8 Å². The van der Waals surface area contributed by atoms with Gasteiger partial charge in [0.1, 0.15) is 6.10 Å². The molecule has 2 unspecified atom stereocenters. The molecule has 1 saturated carbocycles. The molecule has 1 amide bonds. The van der Waals surface area contributed by atoms with E-state index >= 15 is 0 Å². The van der Waals surface area contributed by atoms with E-state index in [1.165, 1.54) is 0 Å². The lowest BCUT2D eigenvalue weighted by Gasteiger charge is -2.43. The lowest BCUT2D eigenvalue weighted by molar-refractivity contribution is -0.0788. The van der Waals surface area contributed by atoms with Gasteiger partial charge >= 0.3 is 0 Å². The van der Waals surface area contributed by atoms with Crippen molar-refractivity contribution in [3.05, 3.63) is 60.3 Å². The summed E-state index contributed by atoms with van der Waals surface area (Å²) in [6, 6.07) is 15.2. The molecule has 5 heteroatoms. The molecule has 4 rings (SSSR count). The van der Waals surface area contributed by atoms with Crippen LogP contribution in [0.15, 0.2) is 54.7 Å². The third-order valence-corrected chi connectivity index (χ3v) is 5.75. The van der Waals surface area contributed by atoms with Crippen LogP contribution in [0.4, 0.5) is 0 Å². The van der Waals surface area contributed by atoms with Gasteiger partial charge in [-0.2, -0.15) is 0 Å². The molecule has 26 heavy (non-hydrogen) atoms. The van der Waals surface area contributed by atoms with Crippen molar-refractivity contribution in [1.29, 1.82) is 0 Å². The van der Waals surface area contributed by atoms with E-state index in [1.807, 2.05) is 53.4 Å². The number of likely N-dealkylation sites (tertiary alicyclic amines) is 1. The quantitative estimate of drug-likeness (QED) is 0.847. The van der Waals surface area contributed by atoms with Crippen LogP contribution in [0.5, 0.6) is 5.88 Å². The van der Waals surface area contributed by atoms with Crippen LogP contribution in [0, 0.1) is 0 Å². The minimum atomic E-state index is -0.256. The maximum Gasteiger partial charge on any atom is 0.254 e. The molecule has 1 aromatic heterocycles. The average Bonchev–Trinajstić information content (AvgIpc) is 3.08. The number of hydrogen-bond donors (Lipinski definition) is 0. The van der Waals surface area contributed by atoms with Crippen molar-refractivity contribution in [3.8, 4) is 5.88 Å². The van der Waals surface area contributed by atoms with Crippen LogP contribution < -0.4 is 4.74 Å². The number of pyridine rings is 1. The summed E-state index contributed by atoms with van der Waals surface area (Å²) in [6.45, 7) is 0.725. The zero-order valence-electron chi connectivity index (χ0n) is 15.0. The molecule has 136 valence electrons. The van der Waals surface area contributed by atoms with Crippen LogP contribution in [-0.4, -0.2) is 47.2 Å². The molecule has 1 saturated heterocycles. The molecule has 0 radical (unpaired) electrons. The van der Waals surface area contributed by atoms with E-state index in [-0.39, 0.29) is 23.7 Å². The molecular weight excluding hydrogens is 328 g/mol. The van der Waals surface area contributed by atoms with Crippen molar-refractivity contribution >= 4 is 5.91 Å². The molecule has 5 nitrogen and oxygen atoms in total.